The fourth-order valence-electron chi connectivity index (χ4n) is 2.22. The van der Waals surface area contributed by atoms with Crippen molar-refractivity contribution in [2.24, 2.45) is 0 Å². The predicted molar refractivity (Wildman–Crippen MR) is 66.2 cm³/mol. The lowest BCUT2D eigenvalue weighted by Crippen LogP contribution is -2.38. The lowest BCUT2D eigenvalue weighted by molar-refractivity contribution is 0.0600. The molecule has 98 valence electrons. The van der Waals surface area contributed by atoms with Gasteiger partial charge in [0.2, 0.25) is 0 Å². The van der Waals surface area contributed by atoms with E-state index < -0.39 is 21.3 Å². The third-order valence-corrected chi connectivity index (χ3v) is 5.33. The lowest BCUT2D eigenvalue weighted by Gasteiger charge is -2.22. The van der Waals surface area contributed by atoms with E-state index in [1.54, 1.807) is 19.2 Å². The molecule has 1 N–H and O–H groups in total. The van der Waals surface area contributed by atoms with Crippen molar-refractivity contribution in [1.29, 1.82) is 0 Å². The highest BCUT2D eigenvalue weighted by atomic mass is 32.2. The van der Waals surface area contributed by atoms with Gasteiger partial charge in [-0.2, -0.15) is 0 Å². The molecular weight excluding hydrogens is 254 g/mol. The first-order valence-corrected chi connectivity index (χ1v) is 7.14. The van der Waals surface area contributed by atoms with E-state index in [0.29, 0.717) is 5.56 Å². The number of nitrogens with one attached hydrogen (secondary N) is 1. The molecule has 0 amide bonds. The zero-order chi connectivity index (χ0) is 13.6. The molecule has 1 heterocycles. The summed E-state index contributed by atoms with van der Waals surface area (Å²) in [6.45, 7) is 1.83. The number of ether oxygens (including phenoxy) is 1. The molecule has 0 saturated carbocycles. The molecule has 1 aromatic rings. The van der Waals surface area contributed by atoms with Crippen LogP contribution in [0.15, 0.2) is 23.1 Å². The molecule has 1 atom stereocenters. The van der Waals surface area contributed by atoms with Gasteiger partial charge in [0.05, 0.1) is 28.9 Å². The van der Waals surface area contributed by atoms with E-state index in [2.05, 4.69) is 10.1 Å². The van der Waals surface area contributed by atoms with Crippen LogP contribution in [0.25, 0.3) is 0 Å². The molecule has 0 aromatic heterocycles. The third-order valence-electron chi connectivity index (χ3n) is 3.36. The van der Waals surface area contributed by atoms with E-state index in [1.807, 2.05) is 6.92 Å². The van der Waals surface area contributed by atoms with Crippen LogP contribution in [0.1, 0.15) is 22.8 Å². The summed E-state index contributed by atoms with van der Waals surface area (Å²) in [6.07, 6.45) is 0. The molecular formula is C12H15NO4S. The molecule has 5 nitrogen and oxygen atoms in total. The quantitative estimate of drug-likeness (QED) is 0.800. The normalized spacial score (nSPS) is 24.6. The molecule has 6 heteroatoms. The molecule has 0 aliphatic carbocycles. The van der Waals surface area contributed by atoms with Crippen LogP contribution < -0.4 is 5.32 Å². The molecule has 0 saturated heterocycles. The first kappa shape index (κ1) is 13.0. The average molecular weight is 269 g/mol. The first-order chi connectivity index (χ1) is 8.34. The van der Waals surface area contributed by atoms with Gasteiger partial charge >= 0.3 is 5.97 Å². The summed E-state index contributed by atoms with van der Waals surface area (Å²) in [4.78, 5) is 11.6. The Bertz CT molecular complexity index is 609. The SMILES string of the molecule is CNC1(C)CS(=O)(=O)c2cc(C(=O)OC)ccc21. The van der Waals surface area contributed by atoms with Gasteiger partial charge in [-0.15, -0.1) is 0 Å². The summed E-state index contributed by atoms with van der Waals surface area (Å²) in [6, 6.07) is 4.64. The van der Waals surface area contributed by atoms with Crippen LogP contribution in [0.2, 0.25) is 0 Å². The maximum Gasteiger partial charge on any atom is 0.337 e. The van der Waals surface area contributed by atoms with Crippen molar-refractivity contribution in [1.82, 2.24) is 5.32 Å². The Kier molecular flexibility index (Phi) is 2.95. The summed E-state index contributed by atoms with van der Waals surface area (Å²) in [5.74, 6) is -0.540. The summed E-state index contributed by atoms with van der Waals surface area (Å²) in [5.41, 5.74) is 0.334. The largest absolute Gasteiger partial charge is 0.465 e. The van der Waals surface area contributed by atoms with Crippen LogP contribution in [0, 0.1) is 0 Å². The van der Waals surface area contributed by atoms with Gasteiger partial charge in [0.25, 0.3) is 0 Å². The second-order valence-electron chi connectivity index (χ2n) is 4.54. The first-order valence-electron chi connectivity index (χ1n) is 5.48. The summed E-state index contributed by atoms with van der Waals surface area (Å²) in [5, 5.41) is 3.02. The van der Waals surface area contributed by atoms with Crippen molar-refractivity contribution in [3.8, 4) is 0 Å². The van der Waals surface area contributed by atoms with Gasteiger partial charge in [-0.1, -0.05) is 6.07 Å². The lowest BCUT2D eigenvalue weighted by atomic mass is 9.94. The Labute approximate surface area is 106 Å². The van der Waals surface area contributed by atoms with Crippen molar-refractivity contribution < 1.29 is 17.9 Å². The van der Waals surface area contributed by atoms with Gasteiger partial charge in [-0.25, -0.2) is 13.2 Å². The molecule has 0 spiro atoms. The van der Waals surface area contributed by atoms with Crippen LogP contribution >= 0.6 is 0 Å². The number of carbonyl (C=O) groups is 1. The van der Waals surface area contributed by atoms with Crippen LogP contribution in [-0.4, -0.2) is 34.3 Å². The van der Waals surface area contributed by atoms with Crippen molar-refractivity contribution in [3.05, 3.63) is 29.3 Å². The van der Waals surface area contributed by atoms with Gasteiger partial charge in [0.15, 0.2) is 9.84 Å². The Morgan fingerprint density at radius 1 is 1.44 bits per heavy atom. The standard InChI is InChI=1S/C12H15NO4S/c1-12(13-2)7-18(15,16)10-6-8(11(14)17-3)4-5-9(10)12/h4-6,13H,7H2,1-3H3. The highest BCUT2D eigenvalue weighted by Crippen LogP contribution is 2.38. The van der Waals surface area contributed by atoms with Gasteiger partial charge in [-0.3, -0.25) is 0 Å². The number of hydrogen-bond acceptors (Lipinski definition) is 5. The van der Waals surface area contributed by atoms with Crippen molar-refractivity contribution >= 4 is 15.8 Å². The minimum Gasteiger partial charge on any atom is -0.465 e. The summed E-state index contributed by atoms with van der Waals surface area (Å²) >= 11 is 0. The minimum absolute atomic E-state index is 0.00351. The monoisotopic (exact) mass is 269 g/mol. The molecule has 1 aromatic carbocycles. The Hall–Kier alpha value is -1.40. The summed E-state index contributed by atoms with van der Waals surface area (Å²) in [7, 11) is -0.373. The third kappa shape index (κ3) is 1.81. The second-order valence-corrected chi connectivity index (χ2v) is 6.50. The average Bonchev–Trinajstić information content (AvgIpc) is 2.56. The Balaban J connectivity index is 2.64. The minimum atomic E-state index is -3.36. The van der Waals surface area contributed by atoms with Crippen molar-refractivity contribution in [3.63, 3.8) is 0 Å². The van der Waals surface area contributed by atoms with E-state index in [4.69, 9.17) is 0 Å². The van der Waals surface area contributed by atoms with E-state index in [9.17, 15) is 13.2 Å². The van der Waals surface area contributed by atoms with Gasteiger partial charge in [0, 0.05) is 0 Å². The van der Waals surface area contributed by atoms with E-state index in [1.165, 1.54) is 13.2 Å². The van der Waals surface area contributed by atoms with Crippen LogP contribution in [0.4, 0.5) is 0 Å². The molecule has 1 aliphatic rings. The Morgan fingerprint density at radius 3 is 2.67 bits per heavy atom. The number of hydrogen-bond donors (Lipinski definition) is 1. The number of benzene rings is 1. The number of fused-ring (bicyclic) bond motifs is 1. The number of carbonyl (C=O) groups excluding carboxylic acids is 1. The van der Waals surface area contributed by atoms with E-state index in [-0.39, 0.29) is 16.2 Å². The number of rotatable bonds is 2. The zero-order valence-electron chi connectivity index (χ0n) is 10.5. The summed E-state index contributed by atoms with van der Waals surface area (Å²) < 4.78 is 28.8. The number of methoxy groups -OCH3 is 1. The zero-order valence-corrected chi connectivity index (χ0v) is 11.3. The van der Waals surface area contributed by atoms with Crippen molar-refractivity contribution in [2.45, 2.75) is 17.4 Å². The molecule has 2 rings (SSSR count). The molecule has 0 fully saturated rings. The van der Waals surface area contributed by atoms with Gasteiger partial charge in [0.1, 0.15) is 0 Å². The predicted octanol–water partition coefficient (Wildman–Crippen LogP) is 0.695. The molecule has 18 heavy (non-hydrogen) atoms. The maximum absolute atomic E-state index is 12.1. The fraction of sp³-hybridized carbons (Fsp3) is 0.417. The topological polar surface area (TPSA) is 72.5 Å². The smallest absolute Gasteiger partial charge is 0.337 e. The van der Waals surface area contributed by atoms with Gasteiger partial charge in [-0.05, 0) is 31.7 Å². The van der Waals surface area contributed by atoms with Crippen LogP contribution in [-0.2, 0) is 20.1 Å². The highest BCUT2D eigenvalue weighted by molar-refractivity contribution is 7.91. The van der Waals surface area contributed by atoms with Crippen LogP contribution in [0.3, 0.4) is 0 Å². The van der Waals surface area contributed by atoms with E-state index >= 15 is 0 Å². The maximum atomic E-state index is 12.1. The molecule has 0 bridgehead atoms. The van der Waals surface area contributed by atoms with Crippen molar-refractivity contribution in [2.75, 3.05) is 19.9 Å². The fourth-order valence-corrected chi connectivity index (χ4v) is 4.37. The Morgan fingerprint density at radius 2 is 2.11 bits per heavy atom. The number of esters is 1. The van der Waals surface area contributed by atoms with Gasteiger partial charge < -0.3 is 10.1 Å². The molecule has 1 aliphatic heterocycles. The molecule has 0 radical (unpaired) electrons. The number of sulfone groups is 1. The second kappa shape index (κ2) is 4.07. The van der Waals surface area contributed by atoms with Crippen LogP contribution in [0.5, 0.6) is 0 Å². The highest BCUT2D eigenvalue weighted by Gasteiger charge is 2.43. The van der Waals surface area contributed by atoms with E-state index in [0.717, 1.165) is 0 Å². The molecule has 1 unspecified atom stereocenters.